The summed E-state index contributed by atoms with van der Waals surface area (Å²) in [7, 11) is 1.57. The van der Waals surface area contributed by atoms with Crippen LogP contribution in [0.15, 0.2) is 42.5 Å². The number of methoxy groups -OCH3 is 1. The molecule has 2 amide bonds. The molecule has 2 aromatic rings. The summed E-state index contributed by atoms with van der Waals surface area (Å²) in [5.41, 5.74) is 3.76. The molecule has 0 radical (unpaired) electrons. The molecule has 0 saturated carbocycles. The van der Waals surface area contributed by atoms with Crippen molar-refractivity contribution in [3.8, 4) is 5.75 Å². The van der Waals surface area contributed by atoms with Crippen LogP contribution in [0.3, 0.4) is 0 Å². The van der Waals surface area contributed by atoms with Gasteiger partial charge in [0.1, 0.15) is 5.75 Å². The number of ether oxygens (including phenoxy) is 1. The van der Waals surface area contributed by atoms with Crippen molar-refractivity contribution in [2.24, 2.45) is 5.92 Å². The number of anilines is 2. The number of nitrogens with one attached hydrogen (secondary N) is 1. The van der Waals surface area contributed by atoms with Gasteiger partial charge in [0.15, 0.2) is 0 Å². The Kier molecular flexibility index (Phi) is 5.26. The number of hydrogen-bond donors (Lipinski definition) is 1. The molecule has 1 heterocycles. The minimum Gasteiger partial charge on any atom is -0.495 e. The largest absolute Gasteiger partial charge is 0.495 e. The Bertz CT molecular complexity index is 832. The molecule has 0 aliphatic carbocycles. The number of carbonyl (C=O) groups is 2. The van der Waals surface area contributed by atoms with Crippen LogP contribution in [0.1, 0.15) is 24.5 Å². The van der Waals surface area contributed by atoms with Gasteiger partial charge in [0.25, 0.3) is 0 Å². The Morgan fingerprint density at radius 1 is 1.23 bits per heavy atom. The first-order valence-electron chi connectivity index (χ1n) is 8.87. The Morgan fingerprint density at radius 2 is 2.00 bits per heavy atom. The number of para-hydroxylation sites is 3. The topological polar surface area (TPSA) is 58.6 Å². The zero-order chi connectivity index (χ0) is 18.7. The quantitative estimate of drug-likeness (QED) is 0.895. The SMILES string of the molecule is CCc1cccc(C)c1N1CC(C(=O)Nc2ccccc2OC)CC1=O. The highest BCUT2D eigenvalue weighted by atomic mass is 16.5. The minimum atomic E-state index is -0.378. The van der Waals surface area contributed by atoms with Gasteiger partial charge in [0.2, 0.25) is 11.8 Å². The summed E-state index contributed by atoms with van der Waals surface area (Å²) in [5, 5.41) is 2.90. The maximum atomic E-state index is 12.7. The number of aryl methyl sites for hydroxylation is 2. The molecule has 1 aliphatic rings. The van der Waals surface area contributed by atoms with E-state index in [1.54, 1.807) is 24.1 Å². The minimum absolute atomic E-state index is 0.00539. The van der Waals surface area contributed by atoms with Gasteiger partial charge in [0, 0.05) is 18.7 Å². The molecule has 1 aliphatic heterocycles. The van der Waals surface area contributed by atoms with Crippen LogP contribution >= 0.6 is 0 Å². The highest BCUT2D eigenvalue weighted by molar-refractivity contribution is 6.04. The Morgan fingerprint density at radius 3 is 2.73 bits per heavy atom. The van der Waals surface area contributed by atoms with Crippen LogP contribution in [0.25, 0.3) is 0 Å². The maximum absolute atomic E-state index is 12.7. The van der Waals surface area contributed by atoms with Crippen molar-refractivity contribution >= 4 is 23.2 Å². The molecule has 5 heteroatoms. The summed E-state index contributed by atoms with van der Waals surface area (Å²) in [6.07, 6.45) is 1.07. The summed E-state index contributed by atoms with van der Waals surface area (Å²) >= 11 is 0. The summed E-state index contributed by atoms with van der Waals surface area (Å²) in [5.74, 6) is 0.0667. The number of benzene rings is 2. The second-order valence-corrected chi connectivity index (χ2v) is 6.53. The van der Waals surface area contributed by atoms with Crippen molar-refractivity contribution in [1.82, 2.24) is 0 Å². The van der Waals surface area contributed by atoms with Crippen molar-refractivity contribution in [3.63, 3.8) is 0 Å². The molecule has 1 fully saturated rings. The van der Waals surface area contributed by atoms with Crippen LogP contribution < -0.4 is 15.0 Å². The summed E-state index contributed by atoms with van der Waals surface area (Å²) in [6, 6.07) is 13.3. The molecule has 0 spiro atoms. The van der Waals surface area contributed by atoms with Gasteiger partial charge in [-0.3, -0.25) is 9.59 Å². The van der Waals surface area contributed by atoms with Crippen LogP contribution in [-0.4, -0.2) is 25.5 Å². The van der Waals surface area contributed by atoms with Gasteiger partial charge in [-0.25, -0.2) is 0 Å². The van der Waals surface area contributed by atoms with E-state index in [-0.39, 0.29) is 24.2 Å². The van der Waals surface area contributed by atoms with E-state index < -0.39 is 0 Å². The van der Waals surface area contributed by atoms with Crippen LogP contribution in [0.4, 0.5) is 11.4 Å². The number of nitrogens with zero attached hydrogens (tertiary/aromatic N) is 1. The van der Waals surface area contributed by atoms with Crippen LogP contribution in [-0.2, 0) is 16.0 Å². The second-order valence-electron chi connectivity index (χ2n) is 6.53. The predicted molar refractivity (Wildman–Crippen MR) is 103 cm³/mol. The van der Waals surface area contributed by atoms with E-state index in [1.165, 1.54) is 0 Å². The molecule has 2 aromatic carbocycles. The molecule has 1 atom stereocenters. The van der Waals surface area contributed by atoms with Crippen molar-refractivity contribution in [3.05, 3.63) is 53.6 Å². The van der Waals surface area contributed by atoms with E-state index in [9.17, 15) is 9.59 Å². The lowest BCUT2D eigenvalue weighted by molar-refractivity contribution is -0.122. The Balaban J connectivity index is 1.79. The standard InChI is InChI=1S/C21H24N2O3/c1-4-15-9-7-8-14(2)20(15)23-13-16(12-19(23)24)21(25)22-17-10-5-6-11-18(17)26-3/h5-11,16H,4,12-13H2,1-3H3,(H,22,25). The molecule has 26 heavy (non-hydrogen) atoms. The first kappa shape index (κ1) is 18.0. The fourth-order valence-electron chi connectivity index (χ4n) is 3.47. The third-order valence-corrected chi connectivity index (χ3v) is 4.83. The van der Waals surface area contributed by atoms with E-state index >= 15 is 0 Å². The van der Waals surface area contributed by atoms with Gasteiger partial charge in [-0.15, -0.1) is 0 Å². The zero-order valence-corrected chi connectivity index (χ0v) is 15.4. The average Bonchev–Trinajstić information content (AvgIpc) is 3.03. The van der Waals surface area contributed by atoms with Crippen molar-refractivity contribution in [2.45, 2.75) is 26.7 Å². The fraction of sp³-hybridized carbons (Fsp3) is 0.333. The molecule has 3 rings (SSSR count). The number of amides is 2. The van der Waals surface area contributed by atoms with Gasteiger partial charge in [-0.1, -0.05) is 37.3 Å². The van der Waals surface area contributed by atoms with Crippen LogP contribution in [0.2, 0.25) is 0 Å². The van der Waals surface area contributed by atoms with Gasteiger partial charge in [0.05, 0.1) is 18.7 Å². The van der Waals surface area contributed by atoms with Crippen LogP contribution in [0, 0.1) is 12.8 Å². The predicted octanol–water partition coefficient (Wildman–Crippen LogP) is 3.56. The highest BCUT2D eigenvalue weighted by Gasteiger charge is 2.36. The summed E-state index contributed by atoms with van der Waals surface area (Å²) < 4.78 is 5.27. The van der Waals surface area contributed by atoms with Gasteiger partial charge in [-0.2, -0.15) is 0 Å². The van der Waals surface area contributed by atoms with Crippen molar-refractivity contribution in [1.29, 1.82) is 0 Å². The normalized spacial score (nSPS) is 16.7. The second kappa shape index (κ2) is 7.60. The number of hydrogen-bond acceptors (Lipinski definition) is 3. The third-order valence-electron chi connectivity index (χ3n) is 4.83. The molecule has 0 bridgehead atoms. The number of carbonyl (C=O) groups excluding carboxylic acids is 2. The zero-order valence-electron chi connectivity index (χ0n) is 15.4. The molecule has 136 valence electrons. The van der Waals surface area contributed by atoms with Gasteiger partial charge < -0.3 is 15.0 Å². The molecule has 1 saturated heterocycles. The molecule has 5 nitrogen and oxygen atoms in total. The van der Waals surface area contributed by atoms with Crippen molar-refractivity contribution in [2.75, 3.05) is 23.9 Å². The number of rotatable bonds is 5. The average molecular weight is 352 g/mol. The highest BCUT2D eigenvalue weighted by Crippen LogP contribution is 2.32. The molecule has 1 unspecified atom stereocenters. The molecule has 0 aromatic heterocycles. The lowest BCUT2D eigenvalue weighted by Crippen LogP contribution is -2.29. The van der Waals surface area contributed by atoms with E-state index in [0.717, 1.165) is 23.2 Å². The van der Waals surface area contributed by atoms with E-state index in [2.05, 4.69) is 12.2 Å². The Hall–Kier alpha value is -2.82. The smallest absolute Gasteiger partial charge is 0.229 e. The van der Waals surface area contributed by atoms with Crippen molar-refractivity contribution < 1.29 is 14.3 Å². The molecule has 1 N–H and O–H groups in total. The van der Waals surface area contributed by atoms with Gasteiger partial charge in [-0.05, 0) is 36.6 Å². The maximum Gasteiger partial charge on any atom is 0.229 e. The molecular formula is C21H24N2O3. The van der Waals surface area contributed by atoms with Gasteiger partial charge >= 0.3 is 0 Å². The van der Waals surface area contributed by atoms with E-state index in [4.69, 9.17) is 4.74 Å². The first-order valence-corrected chi connectivity index (χ1v) is 8.87. The lowest BCUT2D eigenvalue weighted by Gasteiger charge is -2.22. The fourth-order valence-corrected chi connectivity index (χ4v) is 3.47. The first-order chi connectivity index (χ1) is 12.5. The monoisotopic (exact) mass is 352 g/mol. The van der Waals surface area contributed by atoms with Crippen LogP contribution in [0.5, 0.6) is 5.75 Å². The Labute approximate surface area is 154 Å². The summed E-state index contributed by atoms with van der Waals surface area (Å²) in [4.78, 5) is 27.1. The lowest BCUT2D eigenvalue weighted by atomic mass is 10.0. The summed E-state index contributed by atoms with van der Waals surface area (Å²) in [6.45, 7) is 4.48. The third kappa shape index (κ3) is 3.43. The van der Waals surface area contributed by atoms with E-state index in [1.807, 2.05) is 37.3 Å². The molecular weight excluding hydrogens is 328 g/mol. The van der Waals surface area contributed by atoms with E-state index in [0.29, 0.717) is 18.0 Å².